The zero-order valence-corrected chi connectivity index (χ0v) is 17.8. The van der Waals surface area contributed by atoms with Gasteiger partial charge in [0.25, 0.3) is 0 Å². The number of carbonyl (C=O) groups is 1. The van der Waals surface area contributed by atoms with Crippen molar-refractivity contribution in [1.29, 1.82) is 0 Å². The lowest BCUT2D eigenvalue weighted by Crippen LogP contribution is -2.07. The van der Waals surface area contributed by atoms with Gasteiger partial charge in [0.2, 0.25) is 5.91 Å². The number of thioether (sulfide) groups is 1. The molecule has 0 fully saturated rings. The summed E-state index contributed by atoms with van der Waals surface area (Å²) in [6.45, 7) is 2.12. The van der Waals surface area contributed by atoms with Crippen LogP contribution in [0.15, 0.2) is 45.2 Å². The first-order chi connectivity index (χ1) is 14.5. The lowest BCUT2D eigenvalue weighted by molar-refractivity contribution is -0.402. The zero-order chi connectivity index (χ0) is 21.3. The Morgan fingerprint density at radius 3 is 2.93 bits per heavy atom. The van der Waals surface area contributed by atoms with E-state index in [2.05, 4.69) is 29.1 Å². The number of anilines is 1. The molecule has 1 aromatic carbocycles. The molecule has 9 heteroatoms. The first-order valence-electron chi connectivity index (χ1n) is 9.27. The van der Waals surface area contributed by atoms with Crippen LogP contribution >= 0.6 is 23.1 Å². The summed E-state index contributed by atoms with van der Waals surface area (Å²) in [7, 11) is 0. The van der Waals surface area contributed by atoms with Gasteiger partial charge in [0.05, 0.1) is 16.3 Å². The van der Waals surface area contributed by atoms with Crippen molar-refractivity contribution in [2.24, 2.45) is 0 Å². The van der Waals surface area contributed by atoms with Crippen LogP contribution in [0.5, 0.6) is 0 Å². The number of hydrogen-bond acceptors (Lipinski definition) is 7. The molecule has 1 N–H and O–H groups in total. The number of benzene rings is 1. The number of rotatable bonds is 8. The van der Waals surface area contributed by atoms with Crippen LogP contribution < -0.4 is 5.32 Å². The molecule has 0 unspecified atom stereocenters. The van der Waals surface area contributed by atoms with Gasteiger partial charge in [0.15, 0.2) is 4.34 Å². The molecule has 3 rings (SSSR count). The van der Waals surface area contributed by atoms with Gasteiger partial charge in [-0.15, -0.1) is 23.2 Å². The number of nitrogens with zero attached hydrogens (tertiary/aromatic N) is 2. The van der Waals surface area contributed by atoms with E-state index >= 15 is 0 Å². The Kier molecular flexibility index (Phi) is 7.65. The van der Waals surface area contributed by atoms with E-state index in [1.165, 1.54) is 24.3 Å². The third-order valence-electron chi connectivity index (χ3n) is 3.78. The summed E-state index contributed by atoms with van der Waals surface area (Å²) in [6, 6.07) is 8.20. The molecule has 0 aliphatic heterocycles. The fourth-order valence-corrected chi connectivity index (χ4v) is 4.44. The molecule has 0 aliphatic carbocycles. The average molecular weight is 442 g/mol. The summed E-state index contributed by atoms with van der Waals surface area (Å²) in [6.07, 6.45) is 5.51. The van der Waals surface area contributed by atoms with Crippen LogP contribution in [-0.2, 0) is 4.79 Å². The number of nitro groups is 1. The third kappa shape index (κ3) is 6.20. The second kappa shape index (κ2) is 10.6. The molecule has 0 radical (unpaired) electrons. The van der Waals surface area contributed by atoms with Crippen LogP contribution in [0, 0.1) is 22.0 Å². The van der Waals surface area contributed by atoms with E-state index in [0.717, 1.165) is 39.6 Å². The fourth-order valence-electron chi connectivity index (χ4n) is 2.41. The van der Waals surface area contributed by atoms with Crippen molar-refractivity contribution in [2.75, 3.05) is 11.1 Å². The van der Waals surface area contributed by atoms with Gasteiger partial charge in [0, 0.05) is 30.4 Å². The molecule has 2 aromatic heterocycles. The molecule has 7 nitrogen and oxygen atoms in total. The van der Waals surface area contributed by atoms with E-state index in [0.29, 0.717) is 5.69 Å². The smallest absolute Gasteiger partial charge is 0.401 e. The third-order valence-corrected chi connectivity index (χ3v) is 5.94. The van der Waals surface area contributed by atoms with Gasteiger partial charge in [-0.1, -0.05) is 18.7 Å². The monoisotopic (exact) mass is 441 g/mol. The van der Waals surface area contributed by atoms with E-state index in [4.69, 9.17) is 4.42 Å². The molecule has 0 atom stereocenters. The highest BCUT2D eigenvalue weighted by Crippen LogP contribution is 2.31. The van der Waals surface area contributed by atoms with E-state index < -0.39 is 4.92 Å². The van der Waals surface area contributed by atoms with Crippen molar-refractivity contribution in [3.8, 4) is 11.8 Å². The lowest BCUT2D eigenvalue weighted by Gasteiger charge is -2.01. The molecule has 2 heterocycles. The van der Waals surface area contributed by atoms with Crippen molar-refractivity contribution < 1.29 is 14.1 Å². The Bertz CT molecular complexity index is 1140. The summed E-state index contributed by atoms with van der Waals surface area (Å²) in [5.74, 6) is 6.70. The minimum atomic E-state index is -0.631. The number of amides is 1. The lowest BCUT2D eigenvalue weighted by atomic mass is 10.3. The first-order valence-corrected chi connectivity index (χ1v) is 11.1. The number of thiazole rings is 1. The molecule has 0 bridgehead atoms. The van der Waals surface area contributed by atoms with E-state index in [-0.39, 0.29) is 17.6 Å². The highest BCUT2D eigenvalue weighted by molar-refractivity contribution is 8.01. The number of aromatic nitrogens is 1. The summed E-state index contributed by atoms with van der Waals surface area (Å²) >= 11 is 3.26. The SMILES string of the molecule is CCCC#CCCSc1nc2ccc(NC(=O)C=Cc3ccc([N+](=O)[O-])o3)cc2s1. The van der Waals surface area contributed by atoms with E-state index in [1.807, 2.05) is 12.1 Å². The van der Waals surface area contributed by atoms with E-state index in [1.54, 1.807) is 29.2 Å². The Morgan fingerprint density at radius 1 is 1.33 bits per heavy atom. The fraction of sp³-hybridized carbons (Fsp3) is 0.238. The molecule has 30 heavy (non-hydrogen) atoms. The minimum Gasteiger partial charge on any atom is -0.401 e. The summed E-state index contributed by atoms with van der Waals surface area (Å²) in [5, 5.41) is 13.4. The second-order valence-corrected chi connectivity index (χ2v) is 8.49. The van der Waals surface area contributed by atoms with Gasteiger partial charge in [-0.05, 0) is 36.8 Å². The number of furan rings is 1. The van der Waals surface area contributed by atoms with E-state index in [9.17, 15) is 14.9 Å². The van der Waals surface area contributed by atoms with Gasteiger partial charge in [-0.2, -0.15) is 0 Å². The average Bonchev–Trinajstić information content (AvgIpc) is 3.35. The largest absolute Gasteiger partial charge is 0.433 e. The summed E-state index contributed by atoms with van der Waals surface area (Å²) in [5.41, 5.74) is 1.53. The van der Waals surface area contributed by atoms with Crippen molar-refractivity contribution in [3.05, 3.63) is 52.3 Å². The standard InChI is InChI=1S/C21H19N3O4S2/c1-2-3-4-5-6-13-29-21-23-17-10-7-15(14-18(17)30-21)22-19(25)11-8-16-9-12-20(28-16)24(26)27/h7-12,14H,2-3,6,13H2,1H3,(H,22,25). The van der Waals surface area contributed by atoms with Crippen LogP contribution in [0.25, 0.3) is 16.3 Å². The molecule has 0 saturated carbocycles. The van der Waals surface area contributed by atoms with Crippen LogP contribution in [0.2, 0.25) is 0 Å². The molecule has 0 spiro atoms. The van der Waals surface area contributed by atoms with Crippen LogP contribution in [0.1, 0.15) is 31.9 Å². The predicted octanol–water partition coefficient (Wildman–Crippen LogP) is 5.74. The normalized spacial score (nSPS) is 10.8. The Morgan fingerprint density at radius 2 is 2.17 bits per heavy atom. The number of hydrogen-bond donors (Lipinski definition) is 1. The molecular weight excluding hydrogens is 422 g/mol. The second-order valence-electron chi connectivity index (χ2n) is 6.12. The summed E-state index contributed by atoms with van der Waals surface area (Å²) in [4.78, 5) is 26.7. The van der Waals surface area contributed by atoms with Gasteiger partial charge < -0.3 is 9.73 Å². The molecule has 3 aromatic rings. The van der Waals surface area contributed by atoms with Crippen molar-refractivity contribution in [3.63, 3.8) is 0 Å². The summed E-state index contributed by atoms with van der Waals surface area (Å²) < 4.78 is 6.94. The maximum atomic E-state index is 12.1. The van der Waals surface area contributed by atoms with Crippen molar-refractivity contribution >= 4 is 56.9 Å². The molecule has 0 aliphatic rings. The quantitative estimate of drug-likeness (QED) is 0.120. The zero-order valence-electron chi connectivity index (χ0n) is 16.2. The topological polar surface area (TPSA) is 98.3 Å². The number of nitrogens with one attached hydrogen (secondary N) is 1. The molecule has 154 valence electrons. The number of unbranched alkanes of at least 4 members (excludes halogenated alkanes) is 1. The maximum Gasteiger partial charge on any atom is 0.433 e. The Hall–Kier alpha value is -3.09. The van der Waals surface area contributed by atoms with Crippen molar-refractivity contribution in [2.45, 2.75) is 30.5 Å². The van der Waals surface area contributed by atoms with Crippen molar-refractivity contribution in [1.82, 2.24) is 4.98 Å². The van der Waals surface area contributed by atoms with Gasteiger partial charge in [-0.25, -0.2) is 4.98 Å². The Labute approximate surface area is 181 Å². The molecule has 0 saturated heterocycles. The Balaban J connectivity index is 1.57. The minimum absolute atomic E-state index is 0.232. The number of fused-ring (bicyclic) bond motifs is 1. The maximum absolute atomic E-state index is 12.1. The van der Waals surface area contributed by atoms with Gasteiger partial charge in [0.1, 0.15) is 10.7 Å². The highest BCUT2D eigenvalue weighted by Gasteiger charge is 2.10. The number of carbonyl (C=O) groups excluding carboxylic acids is 1. The molecular formula is C21H19N3O4S2. The first kappa shape index (κ1) is 21.6. The van der Waals surface area contributed by atoms with Crippen LogP contribution in [0.4, 0.5) is 11.6 Å². The predicted molar refractivity (Wildman–Crippen MR) is 121 cm³/mol. The van der Waals surface area contributed by atoms with Crippen LogP contribution in [-0.4, -0.2) is 21.6 Å². The van der Waals surface area contributed by atoms with Crippen LogP contribution in [0.3, 0.4) is 0 Å². The van der Waals surface area contributed by atoms with Gasteiger partial charge >= 0.3 is 5.88 Å². The van der Waals surface area contributed by atoms with Gasteiger partial charge in [-0.3, -0.25) is 14.9 Å². The highest BCUT2D eigenvalue weighted by atomic mass is 32.2. The molecule has 1 amide bonds.